The molecule has 1 aliphatic carbocycles. The predicted molar refractivity (Wildman–Crippen MR) is 77.8 cm³/mol. The van der Waals surface area contributed by atoms with Crippen molar-refractivity contribution < 1.29 is 0 Å². The van der Waals surface area contributed by atoms with Crippen molar-refractivity contribution in [2.75, 3.05) is 12.8 Å². The van der Waals surface area contributed by atoms with E-state index in [9.17, 15) is 0 Å². The summed E-state index contributed by atoms with van der Waals surface area (Å²) in [5, 5.41) is 4.48. The monoisotopic (exact) mass is 249 g/mol. The first-order valence-corrected chi connectivity index (χ1v) is 7.85. The van der Waals surface area contributed by atoms with E-state index in [-0.39, 0.29) is 0 Å². The third-order valence-electron chi connectivity index (χ3n) is 3.72. The van der Waals surface area contributed by atoms with Crippen LogP contribution in [0.3, 0.4) is 0 Å². The third-order valence-corrected chi connectivity index (χ3v) is 4.76. The SMILES string of the molecule is CSC(C)CCNC1CCc2ccc(C)cc21. The molecule has 2 rings (SSSR count). The average Bonchev–Trinajstić information content (AvgIpc) is 2.72. The minimum atomic E-state index is 0.596. The topological polar surface area (TPSA) is 12.0 Å². The summed E-state index contributed by atoms with van der Waals surface area (Å²) in [5.74, 6) is 0. The first kappa shape index (κ1) is 13.0. The summed E-state index contributed by atoms with van der Waals surface area (Å²) in [6.45, 7) is 5.63. The molecule has 1 N–H and O–H groups in total. The van der Waals surface area contributed by atoms with Gasteiger partial charge in [0.25, 0.3) is 0 Å². The van der Waals surface area contributed by atoms with Gasteiger partial charge in [0.1, 0.15) is 0 Å². The molecule has 94 valence electrons. The molecule has 0 heterocycles. The third kappa shape index (κ3) is 3.26. The van der Waals surface area contributed by atoms with Gasteiger partial charge in [0.05, 0.1) is 0 Å². The lowest BCUT2D eigenvalue weighted by Gasteiger charge is -2.16. The van der Waals surface area contributed by atoms with E-state index in [0.717, 1.165) is 11.8 Å². The summed E-state index contributed by atoms with van der Waals surface area (Å²) >= 11 is 1.96. The molecule has 1 nitrogen and oxygen atoms in total. The molecule has 0 aliphatic heterocycles. The van der Waals surface area contributed by atoms with Gasteiger partial charge in [-0.15, -0.1) is 0 Å². The summed E-state index contributed by atoms with van der Waals surface area (Å²) in [4.78, 5) is 0. The van der Waals surface area contributed by atoms with Crippen LogP contribution < -0.4 is 5.32 Å². The molecule has 0 aromatic heterocycles. The fourth-order valence-corrected chi connectivity index (χ4v) is 2.87. The molecule has 2 unspecified atom stereocenters. The summed E-state index contributed by atoms with van der Waals surface area (Å²) in [6.07, 6.45) is 5.97. The molecule has 2 atom stereocenters. The number of benzene rings is 1. The zero-order chi connectivity index (χ0) is 12.3. The van der Waals surface area contributed by atoms with E-state index in [4.69, 9.17) is 0 Å². The maximum atomic E-state index is 3.72. The van der Waals surface area contributed by atoms with Gasteiger partial charge in [0.15, 0.2) is 0 Å². The van der Waals surface area contributed by atoms with Gasteiger partial charge >= 0.3 is 0 Å². The van der Waals surface area contributed by atoms with E-state index >= 15 is 0 Å². The molecule has 0 fully saturated rings. The van der Waals surface area contributed by atoms with Crippen LogP contribution in [0.1, 0.15) is 42.5 Å². The molecule has 1 aliphatic rings. The molecular formula is C15H23NS. The maximum Gasteiger partial charge on any atom is 0.0326 e. The van der Waals surface area contributed by atoms with Crippen LogP contribution in [-0.2, 0) is 6.42 Å². The van der Waals surface area contributed by atoms with Crippen LogP contribution >= 0.6 is 11.8 Å². The van der Waals surface area contributed by atoms with E-state index in [0.29, 0.717) is 6.04 Å². The minimum absolute atomic E-state index is 0.596. The number of fused-ring (bicyclic) bond motifs is 1. The fourth-order valence-electron chi connectivity index (χ4n) is 2.51. The Kier molecular flexibility index (Phi) is 4.52. The lowest BCUT2D eigenvalue weighted by atomic mass is 10.1. The highest BCUT2D eigenvalue weighted by Crippen LogP contribution is 2.31. The molecule has 0 radical (unpaired) electrons. The second-order valence-electron chi connectivity index (χ2n) is 5.08. The second kappa shape index (κ2) is 5.92. The van der Waals surface area contributed by atoms with Crippen LogP contribution in [0.4, 0.5) is 0 Å². The lowest BCUT2D eigenvalue weighted by Crippen LogP contribution is -2.22. The predicted octanol–water partition coefficient (Wildman–Crippen LogP) is 3.71. The molecule has 0 amide bonds. The Bertz CT molecular complexity index is 375. The maximum absolute atomic E-state index is 3.72. The van der Waals surface area contributed by atoms with Crippen molar-refractivity contribution in [3.05, 3.63) is 34.9 Å². The number of hydrogen-bond acceptors (Lipinski definition) is 2. The van der Waals surface area contributed by atoms with Crippen LogP contribution in [0, 0.1) is 6.92 Å². The Hall–Kier alpha value is -0.470. The minimum Gasteiger partial charge on any atom is -0.310 e. The van der Waals surface area contributed by atoms with Gasteiger partial charge in [0, 0.05) is 11.3 Å². The van der Waals surface area contributed by atoms with Gasteiger partial charge < -0.3 is 5.32 Å². The quantitative estimate of drug-likeness (QED) is 0.853. The molecule has 2 heteroatoms. The van der Waals surface area contributed by atoms with Crippen LogP contribution in [-0.4, -0.2) is 18.1 Å². The Labute approximate surface area is 109 Å². The number of rotatable bonds is 5. The molecule has 0 saturated carbocycles. The van der Waals surface area contributed by atoms with E-state index in [1.807, 2.05) is 11.8 Å². The average molecular weight is 249 g/mol. The van der Waals surface area contributed by atoms with E-state index in [1.54, 1.807) is 11.1 Å². The summed E-state index contributed by atoms with van der Waals surface area (Å²) in [7, 11) is 0. The van der Waals surface area contributed by atoms with E-state index in [2.05, 4.69) is 43.6 Å². The number of aryl methyl sites for hydroxylation is 2. The molecule has 1 aromatic rings. The normalized spacial score (nSPS) is 20.3. The van der Waals surface area contributed by atoms with Gasteiger partial charge in [-0.3, -0.25) is 0 Å². The highest BCUT2D eigenvalue weighted by molar-refractivity contribution is 7.99. The lowest BCUT2D eigenvalue weighted by molar-refractivity contribution is 0.520. The van der Waals surface area contributed by atoms with Crippen LogP contribution in [0.25, 0.3) is 0 Å². The van der Waals surface area contributed by atoms with Crippen molar-refractivity contribution in [3.8, 4) is 0 Å². The molecule has 0 spiro atoms. The first-order chi connectivity index (χ1) is 8.20. The Balaban J connectivity index is 1.91. The van der Waals surface area contributed by atoms with Crippen LogP contribution in [0.15, 0.2) is 18.2 Å². The van der Waals surface area contributed by atoms with Gasteiger partial charge in [-0.05, 0) is 50.1 Å². The largest absolute Gasteiger partial charge is 0.310 e. The van der Waals surface area contributed by atoms with Crippen molar-refractivity contribution in [2.45, 2.75) is 44.4 Å². The summed E-state index contributed by atoms with van der Waals surface area (Å²) in [5.41, 5.74) is 4.47. The van der Waals surface area contributed by atoms with Crippen molar-refractivity contribution in [1.82, 2.24) is 5.32 Å². The number of hydrogen-bond donors (Lipinski definition) is 1. The van der Waals surface area contributed by atoms with Crippen molar-refractivity contribution >= 4 is 11.8 Å². The van der Waals surface area contributed by atoms with E-state index in [1.165, 1.54) is 24.8 Å². The Morgan fingerprint density at radius 3 is 3.06 bits per heavy atom. The van der Waals surface area contributed by atoms with Crippen molar-refractivity contribution in [3.63, 3.8) is 0 Å². The van der Waals surface area contributed by atoms with Crippen LogP contribution in [0.2, 0.25) is 0 Å². The molecular weight excluding hydrogens is 226 g/mol. The zero-order valence-corrected chi connectivity index (χ0v) is 11.9. The second-order valence-corrected chi connectivity index (χ2v) is 6.36. The zero-order valence-electron chi connectivity index (χ0n) is 11.1. The van der Waals surface area contributed by atoms with Gasteiger partial charge in [-0.1, -0.05) is 30.7 Å². The molecule has 0 saturated heterocycles. The number of thioether (sulfide) groups is 1. The van der Waals surface area contributed by atoms with Crippen molar-refractivity contribution in [1.29, 1.82) is 0 Å². The van der Waals surface area contributed by atoms with Crippen LogP contribution in [0.5, 0.6) is 0 Å². The number of nitrogens with one attached hydrogen (secondary N) is 1. The summed E-state index contributed by atoms with van der Waals surface area (Å²) in [6, 6.07) is 7.49. The van der Waals surface area contributed by atoms with E-state index < -0.39 is 0 Å². The molecule has 1 aromatic carbocycles. The first-order valence-electron chi connectivity index (χ1n) is 6.56. The fraction of sp³-hybridized carbons (Fsp3) is 0.600. The van der Waals surface area contributed by atoms with Crippen molar-refractivity contribution in [2.24, 2.45) is 0 Å². The standard InChI is InChI=1S/C15H23NS/c1-11-4-5-13-6-7-15(14(13)10-11)16-9-8-12(2)17-3/h4-5,10,12,15-16H,6-9H2,1-3H3. The highest BCUT2D eigenvalue weighted by Gasteiger charge is 2.21. The Morgan fingerprint density at radius 2 is 2.29 bits per heavy atom. The van der Waals surface area contributed by atoms with Gasteiger partial charge in [-0.25, -0.2) is 0 Å². The Morgan fingerprint density at radius 1 is 1.47 bits per heavy atom. The smallest absolute Gasteiger partial charge is 0.0326 e. The van der Waals surface area contributed by atoms with Gasteiger partial charge in [0.2, 0.25) is 0 Å². The summed E-state index contributed by atoms with van der Waals surface area (Å²) < 4.78 is 0. The van der Waals surface area contributed by atoms with Gasteiger partial charge in [-0.2, -0.15) is 11.8 Å². The highest BCUT2D eigenvalue weighted by atomic mass is 32.2. The molecule has 17 heavy (non-hydrogen) atoms. The molecule has 0 bridgehead atoms.